The number of carbonyl (C=O) groups excluding carboxylic acids is 2. The fraction of sp³-hybridized carbons (Fsp3) is 0.200. The fourth-order valence-electron chi connectivity index (χ4n) is 3.88. The highest BCUT2D eigenvalue weighted by Crippen LogP contribution is 2.32. The molecule has 147 valence electrons. The molecule has 4 heteroatoms. The molecule has 0 aromatic heterocycles. The quantitative estimate of drug-likeness (QED) is 0.402. The number of ketones is 1. The summed E-state index contributed by atoms with van der Waals surface area (Å²) in [6.07, 6.45) is 0. The molecule has 0 aliphatic carbocycles. The van der Waals surface area contributed by atoms with Gasteiger partial charge < -0.3 is 0 Å². The van der Waals surface area contributed by atoms with E-state index in [-0.39, 0.29) is 5.78 Å². The van der Waals surface area contributed by atoms with Gasteiger partial charge >= 0.3 is 0 Å². The van der Waals surface area contributed by atoms with Gasteiger partial charge in [0.05, 0.1) is 5.30 Å². The first-order valence-corrected chi connectivity index (χ1v) is 10.8. The van der Waals surface area contributed by atoms with E-state index in [0.717, 1.165) is 27.8 Å². The lowest BCUT2D eigenvalue weighted by atomic mass is 9.95. The topological polar surface area (TPSA) is 51.2 Å². The Balaban J connectivity index is 2.09. The zero-order valence-electron chi connectivity index (χ0n) is 17.4. The summed E-state index contributed by atoms with van der Waals surface area (Å²) in [5, 5.41) is 0.291. The SMILES string of the molecule is Cc1cc(C)c(C(=O)[P](=O)c2ccccc2C(=O)c2c(C)cccc2C)c(C)c1. The van der Waals surface area contributed by atoms with Crippen LogP contribution in [0.5, 0.6) is 0 Å². The summed E-state index contributed by atoms with van der Waals surface area (Å²) >= 11 is 0. The Morgan fingerprint density at radius 2 is 1.24 bits per heavy atom. The lowest BCUT2D eigenvalue weighted by Crippen LogP contribution is -2.18. The van der Waals surface area contributed by atoms with Crippen LogP contribution in [-0.2, 0) is 4.57 Å². The summed E-state index contributed by atoms with van der Waals surface area (Å²) in [7, 11) is -2.43. The van der Waals surface area contributed by atoms with Crippen molar-refractivity contribution >= 4 is 24.4 Å². The molecule has 1 unspecified atom stereocenters. The first kappa shape index (κ1) is 20.8. The van der Waals surface area contributed by atoms with Crippen molar-refractivity contribution in [1.29, 1.82) is 0 Å². The predicted molar refractivity (Wildman–Crippen MR) is 118 cm³/mol. The maximum absolute atomic E-state index is 13.3. The van der Waals surface area contributed by atoms with Crippen molar-refractivity contribution in [3.05, 3.63) is 99.1 Å². The van der Waals surface area contributed by atoms with Crippen molar-refractivity contribution in [3.63, 3.8) is 0 Å². The van der Waals surface area contributed by atoms with Gasteiger partial charge in [0.25, 0.3) is 0 Å². The Kier molecular flexibility index (Phi) is 5.91. The molecular formula is C25H24O3P. The largest absolute Gasteiger partial charge is 0.289 e. The van der Waals surface area contributed by atoms with Crippen molar-refractivity contribution in [2.24, 2.45) is 0 Å². The maximum Gasteiger partial charge on any atom is 0.247 e. The highest BCUT2D eigenvalue weighted by Gasteiger charge is 2.26. The Morgan fingerprint density at radius 1 is 0.690 bits per heavy atom. The average molecular weight is 403 g/mol. The van der Waals surface area contributed by atoms with Crippen LogP contribution >= 0.6 is 7.80 Å². The average Bonchev–Trinajstić information content (AvgIpc) is 2.66. The van der Waals surface area contributed by atoms with Crippen LogP contribution in [0.4, 0.5) is 0 Å². The van der Waals surface area contributed by atoms with Gasteiger partial charge in [0.2, 0.25) is 5.52 Å². The van der Waals surface area contributed by atoms with E-state index in [9.17, 15) is 14.2 Å². The van der Waals surface area contributed by atoms with E-state index < -0.39 is 13.3 Å². The Bertz CT molecular complexity index is 1120. The van der Waals surface area contributed by atoms with Gasteiger partial charge in [0.1, 0.15) is 0 Å². The van der Waals surface area contributed by atoms with Crippen molar-refractivity contribution in [3.8, 4) is 0 Å². The van der Waals surface area contributed by atoms with E-state index in [2.05, 4.69) is 0 Å². The molecule has 0 fully saturated rings. The van der Waals surface area contributed by atoms with E-state index in [4.69, 9.17) is 0 Å². The number of hydrogen-bond donors (Lipinski definition) is 0. The van der Waals surface area contributed by atoms with Crippen molar-refractivity contribution in [2.75, 3.05) is 0 Å². The molecule has 0 spiro atoms. The van der Waals surface area contributed by atoms with Crippen molar-refractivity contribution in [1.82, 2.24) is 0 Å². The van der Waals surface area contributed by atoms with Crippen LogP contribution in [0.1, 0.15) is 54.1 Å². The zero-order chi connectivity index (χ0) is 21.3. The molecule has 0 aliphatic rings. The molecule has 3 nitrogen and oxygen atoms in total. The van der Waals surface area contributed by atoms with Gasteiger partial charge in [0, 0.05) is 16.7 Å². The van der Waals surface area contributed by atoms with E-state index in [1.807, 2.05) is 65.0 Å². The van der Waals surface area contributed by atoms with E-state index >= 15 is 0 Å². The Hall–Kier alpha value is -2.90. The number of rotatable bonds is 5. The van der Waals surface area contributed by atoms with Crippen LogP contribution in [0.2, 0.25) is 0 Å². The molecule has 0 aliphatic heterocycles. The second kappa shape index (κ2) is 8.23. The van der Waals surface area contributed by atoms with E-state index in [0.29, 0.717) is 22.0 Å². The molecule has 0 bridgehead atoms. The highest BCUT2D eigenvalue weighted by atomic mass is 31.1. The van der Waals surface area contributed by atoms with Gasteiger partial charge in [-0.05, 0) is 69.0 Å². The second-order valence-electron chi connectivity index (χ2n) is 7.49. The van der Waals surface area contributed by atoms with Crippen molar-refractivity contribution < 1.29 is 14.2 Å². The summed E-state index contributed by atoms with van der Waals surface area (Å²) in [5.41, 5.74) is 5.33. The summed E-state index contributed by atoms with van der Waals surface area (Å²) in [6.45, 7) is 9.43. The normalized spacial score (nSPS) is 11.3. The Morgan fingerprint density at radius 3 is 1.83 bits per heavy atom. The van der Waals surface area contributed by atoms with Crippen LogP contribution < -0.4 is 5.30 Å². The minimum Gasteiger partial charge on any atom is -0.289 e. The Labute approximate surface area is 172 Å². The molecule has 3 rings (SSSR count). The smallest absolute Gasteiger partial charge is 0.247 e. The number of benzene rings is 3. The van der Waals surface area contributed by atoms with Gasteiger partial charge in [0.15, 0.2) is 13.6 Å². The summed E-state index contributed by atoms with van der Waals surface area (Å²) < 4.78 is 13.3. The maximum atomic E-state index is 13.3. The number of aryl methyl sites for hydroxylation is 5. The fourth-order valence-corrected chi connectivity index (χ4v) is 5.27. The van der Waals surface area contributed by atoms with E-state index in [1.165, 1.54) is 0 Å². The minimum absolute atomic E-state index is 0.204. The third-order valence-corrected chi connectivity index (χ3v) is 6.57. The van der Waals surface area contributed by atoms with Gasteiger partial charge in [-0.25, -0.2) is 0 Å². The summed E-state index contributed by atoms with van der Waals surface area (Å²) in [6, 6.07) is 16.2. The van der Waals surface area contributed by atoms with Crippen LogP contribution in [0, 0.1) is 34.6 Å². The molecule has 1 radical (unpaired) electrons. The summed E-state index contributed by atoms with van der Waals surface area (Å²) in [4.78, 5) is 26.5. The second-order valence-corrected chi connectivity index (χ2v) is 8.96. The number of hydrogen-bond acceptors (Lipinski definition) is 3. The van der Waals surface area contributed by atoms with Gasteiger partial charge in [-0.3, -0.25) is 14.2 Å². The van der Waals surface area contributed by atoms with E-state index in [1.54, 1.807) is 24.3 Å². The molecule has 0 N–H and O–H groups in total. The third-order valence-electron chi connectivity index (χ3n) is 5.15. The standard InChI is InChI=1S/C25H24O3P/c1-15-13-18(4)23(19(5)14-15)25(27)29(28)21-12-7-6-11-20(21)24(26)22-16(2)9-8-10-17(22)3/h6-14H,1-5H3. The molecular weight excluding hydrogens is 379 g/mol. The van der Waals surface area contributed by atoms with Crippen LogP contribution in [-0.4, -0.2) is 11.3 Å². The van der Waals surface area contributed by atoms with Gasteiger partial charge in [-0.1, -0.05) is 48.0 Å². The van der Waals surface area contributed by atoms with Gasteiger partial charge in [-0.2, -0.15) is 0 Å². The van der Waals surface area contributed by atoms with Crippen LogP contribution in [0.25, 0.3) is 0 Å². The zero-order valence-corrected chi connectivity index (χ0v) is 18.3. The van der Waals surface area contributed by atoms with Gasteiger partial charge in [-0.15, -0.1) is 0 Å². The molecule has 0 heterocycles. The highest BCUT2D eigenvalue weighted by molar-refractivity contribution is 7.71. The lowest BCUT2D eigenvalue weighted by Gasteiger charge is -2.13. The van der Waals surface area contributed by atoms with Crippen LogP contribution in [0.3, 0.4) is 0 Å². The summed E-state index contributed by atoms with van der Waals surface area (Å²) in [5.74, 6) is -0.204. The molecule has 3 aromatic carbocycles. The third kappa shape index (κ3) is 3.97. The number of carbonyl (C=O) groups is 2. The predicted octanol–water partition coefficient (Wildman–Crippen LogP) is 5.75. The molecule has 0 saturated carbocycles. The van der Waals surface area contributed by atoms with Crippen molar-refractivity contribution in [2.45, 2.75) is 34.6 Å². The van der Waals surface area contributed by atoms with Crippen LogP contribution in [0.15, 0.2) is 54.6 Å². The molecule has 29 heavy (non-hydrogen) atoms. The molecule has 3 aromatic rings. The molecule has 0 amide bonds. The lowest BCUT2D eigenvalue weighted by molar-refractivity contribution is 0.103. The first-order valence-electron chi connectivity index (χ1n) is 9.51. The molecule has 1 atom stereocenters. The first-order chi connectivity index (χ1) is 13.7. The monoisotopic (exact) mass is 403 g/mol. The minimum atomic E-state index is -2.43. The molecule has 0 saturated heterocycles.